The van der Waals surface area contributed by atoms with Crippen LogP contribution in [0.4, 0.5) is 5.82 Å². The molecule has 0 saturated heterocycles. The molecule has 0 atom stereocenters. The summed E-state index contributed by atoms with van der Waals surface area (Å²) in [6, 6.07) is 1.62. The molecule has 0 spiro atoms. The molecule has 0 unspecified atom stereocenters. The molecule has 0 radical (unpaired) electrons. The highest BCUT2D eigenvalue weighted by molar-refractivity contribution is 5.81. The largest absolute Gasteiger partial charge is 0.480 e. The molecule has 78 valence electrons. The maximum absolute atomic E-state index is 10.3. The Labute approximate surface area is 84.9 Å². The van der Waals surface area contributed by atoms with Gasteiger partial charge in [-0.15, -0.1) is 0 Å². The van der Waals surface area contributed by atoms with Gasteiger partial charge in [0.25, 0.3) is 0 Å². The average Bonchev–Trinajstić information content (AvgIpc) is 2.57. The van der Waals surface area contributed by atoms with Crippen molar-refractivity contribution >= 4 is 22.8 Å². The molecule has 2 heterocycles. The zero-order valence-electron chi connectivity index (χ0n) is 8.02. The monoisotopic (exact) mass is 207 g/mol. The average molecular weight is 207 g/mol. The number of nitrogens with one attached hydrogen (secondary N) is 1. The van der Waals surface area contributed by atoms with Gasteiger partial charge in [-0.3, -0.25) is 4.79 Å². The lowest BCUT2D eigenvalue weighted by molar-refractivity contribution is -0.134. The fraction of sp³-hybridized carbons (Fsp3) is 0.222. The Balaban J connectivity index is 2.27. The van der Waals surface area contributed by atoms with E-state index in [9.17, 15) is 4.79 Å². The molecule has 0 aliphatic carbocycles. The van der Waals surface area contributed by atoms with Crippen molar-refractivity contribution in [2.45, 2.75) is 6.92 Å². The lowest BCUT2D eigenvalue weighted by Crippen LogP contribution is -2.12. The van der Waals surface area contributed by atoms with Crippen LogP contribution >= 0.6 is 0 Å². The summed E-state index contributed by atoms with van der Waals surface area (Å²) in [7, 11) is 0. The number of carboxylic acids is 1. The van der Waals surface area contributed by atoms with Crippen LogP contribution in [0.2, 0.25) is 0 Å². The van der Waals surface area contributed by atoms with E-state index in [0.29, 0.717) is 11.4 Å². The van der Waals surface area contributed by atoms with Gasteiger partial charge in [0.1, 0.15) is 12.4 Å². The number of carboxylic acid groups (broad SMARTS) is 1. The van der Waals surface area contributed by atoms with Gasteiger partial charge in [0, 0.05) is 12.3 Å². The van der Waals surface area contributed by atoms with Gasteiger partial charge in [-0.2, -0.15) is 0 Å². The van der Waals surface area contributed by atoms with Gasteiger partial charge in [-0.05, 0) is 6.92 Å². The van der Waals surface area contributed by atoms with Gasteiger partial charge in [-0.1, -0.05) is 5.16 Å². The number of carbonyl (C=O) groups is 1. The van der Waals surface area contributed by atoms with Crippen molar-refractivity contribution in [1.82, 2.24) is 10.1 Å². The van der Waals surface area contributed by atoms with E-state index in [0.717, 1.165) is 11.1 Å². The molecule has 2 rings (SSSR count). The first kappa shape index (κ1) is 9.45. The van der Waals surface area contributed by atoms with Gasteiger partial charge in [0.15, 0.2) is 5.58 Å². The Morgan fingerprint density at radius 1 is 1.67 bits per heavy atom. The third kappa shape index (κ3) is 1.88. The second kappa shape index (κ2) is 3.56. The fourth-order valence-electron chi connectivity index (χ4n) is 1.21. The molecule has 0 aromatic carbocycles. The summed E-state index contributed by atoms with van der Waals surface area (Å²) in [5.74, 6) is -0.480. The molecule has 0 saturated carbocycles. The summed E-state index contributed by atoms with van der Waals surface area (Å²) < 4.78 is 5.02. The van der Waals surface area contributed by atoms with Crippen molar-refractivity contribution < 1.29 is 14.4 Å². The van der Waals surface area contributed by atoms with E-state index in [2.05, 4.69) is 15.5 Å². The number of fused-ring (bicyclic) bond motifs is 1. The smallest absolute Gasteiger partial charge is 0.322 e. The van der Waals surface area contributed by atoms with E-state index in [4.69, 9.17) is 9.63 Å². The SMILES string of the molecule is Cc1noc2cc(NCC(=O)O)ncc12. The highest BCUT2D eigenvalue weighted by Gasteiger charge is 2.06. The number of nitrogens with zero attached hydrogens (tertiary/aromatic N) is 2. The molecule has 2 aromatic heterocycles. The minimum atomic E-state index is -0.939. The van der Waals surface area contributed by atoms with Crippen molar-refractivity contribution in [1.29, 1.82) is 0 Å². The standard InChI is InChI=1S/C9H9N3O3/c1-5-6-3-10-8(11-4-9(13)14)2-7(6)15-12-5/h2-3H,4H2,1H3,(H,10,11)(H,13,14). The second-order valence-electron chi connectivity index (χ2n) is 3.08. The Bertz CT molecular complexity index is 506. The number of pyridine rings is 1. The van der Waals surface area contributed by atoms with Crippen molar-refractivity contribution in [3.05, 3.63) is 18.0 Å². The van der Waals surface area contributed by atoms with Gasteiger partial charge in [0.05, 0.1) is 11.1 Å². The van der Waals surface area contributed by atoms with E-state index in [1.807, 2.05) is 6.92 Å². The number of anilines is 1. The third-order valence-electron chi connectivity index (χ3n) is 1.96. The molecule has 15 heavy (non-hydrogen) atoms. The lowest BCUT2D eigenvalue weighted by Gasteiger charge is -2.00. The predicted molar refractivity (Wildman–Crippen MR) is 52.7 cm³/mol. The van der Waals surface area contributed by atoms with Gasteiger partial charge in [-0.25, -0.2) is 4.98 Å². The molecule has 0 amide bonds. The Morgan fingerprint density at radius 3 is 3.20 bits per heavy atom. The van der Waals surface area contributed by atoms with Crippen molar-refractivity contribution in [2.24, 2.45) is 0 Å². The Kier molecular flexibility index (Phi) is 2.24. The molecule has 0 bridgehead atoms. The van der Waals surface area contributed by atoms with Crippen LogP contribution in [0.5, 0.6) is 0 Å². The number of hydrogen-bond donors (Lipinski definition) is 2. The number of rotatable bonds is 3. The molecule has 0 fully saturated rings. The Morgan fingerprint density at radius 2 is 2.47 bits per heavy atom. The van der Waals surface area contributed by atoms with Gasteiger partial charge < -0.3 is 14.9 Å². The van der Waals surface area contributed by atoms with E-state index in [-0.39, 0.29) is 6.54 Å². The van der Waals surface area contributed by atoms with E-state index in [1.54, 1.807) is 12.3 Å². The Hall–Kier alpha value is -2.11. The van der Waals surface area contributed by atoms with E-state index < -0.39 is 5.97 Å². The zero-order chi connectivity index (χ0) is 10.8. The minimum Gasteiger partial charge on any atom is -0.480 e. The maximum Gasteiger partial charge on any atom is 0.322 e. The molecular formula is C9H9N3O3. The molecule has 2 aromatic rings. The summed E-state index contributed by atoms with van der Waals surface area (Å²) in [6.07, 6.45) is 1.60. The summed E-state index contributed by atoms with van der Waals surface area (Å²) in [5, 5.41) is 15.7. The zero-order valence-corrected chi connectivity index (χ0v) is 8.02. The first-order valence-corrected chi connectivity index (χ1v) is 4.34. The summed E-state index contributed by atoms with van der Waals surface area (Å²) in [6.45, 7) is 1.64. The van der Waals surface area contributed by atoms with Crippen molar-refractivity contribution in [3.8, 4) is 0 Å². The molecule has 2 N–H and O–H groups in total. The van der Waals surface area contributed by atoms with Crippen LogP contribution in [0.1, 0.15) is 5.69 Å². The third-order valence-corrected chi connectivity index (χ3v) is 1.96. The van der Waals surface area contributed by atoms with Crippen LogP contribution in [0.15, 0.2) is 16.8 Å². The number of aromatic nitrogens is 2. The molecule has 0 aliphatic heterocycles. The lowest BCUT2D eigenvalue weighted by atomic mass is 10.3. The van der Waals surface area contributed by atoms with Gasteiger partial charge in [0.2, 0.25) is 0 Å². The topological polar surface area (TPSA) is 88.2 Å². The van der Waals surface area contributed by atoms with Crippen molar-refractivity contribution in [3.63, 3.8) is 0 Å². The van der Waals surface area contributed by atoms with Crippen LogP contribution in [0, 0.1) is 6.92 Å². The van der Waals surface area contributed by atoms with Crippen molar-refractivity contribution in [2.75, 3.05) is 11.9 Å². The number of aryl methyl sites for hydroxylation is 1. The molecule has 6 nitrogen and oxygen atoms in total. The number of aliphatic carboxylic acids is 1. The predicted octanol–water partition coefficient (Wildman–Crippen LogP) is 1.03. The highest BCUT2D eigenvalue weighted by atomic mass is 16.5. The van der Waals surface area contributed by atoms with Crippen LogP contribution in [-0.2, 0) is 4.79 Å². The molecule has 0 aliphatic rings. The first-order valence-electron chi connectivity index (χ1n) is 4.34. The highest BCUT2D eigenvalue weighted by Crippen LogP contribution is 2.18. The number of hydrogen-bond acceptors (Lipinski definition) is 5. The summed E-state index contributed by atoms with van der Waals surface area (Å²) in [5.41, 5.74) is 1.36. The maximum atomic E-state index is 10.3. The normalized spacial score (nSPS) is 10.5. The van der Waals surface area contributed by atoms with Crippen LogP contribution in [0.3, 0.4) is 0 Å². The fourth-order valence-corrected chi connectivity index (χ4v) is 1.21. The molecular weight excluding hydrogens is 198 g/mol. The summed E-state index contributed by atoms with van der Waals surface area (Å²) in [4.78, 5) is 14.4. The van der Waals surface area contributed by atoms with E-state index in [1.165, 1.54) is 0 Å². The van der Waals surface area contributed by atoms with Crippen LogP contribution in [0.25, 0.3) is 11.0 Å². The second-order valence-corrected chi connectivity index (χ2v) is 3.08. The van der Waals surface area contributed by atoms with Crippen LogP contribution in [-0.4, -0.2) is 27.8 Å². The van der Waals surface area contributed by atoms with Crippen LogP contribution < -0.4 is 5.32 Å². The summed E-state index contributed by atoms with van der Waals surface area (Å²) >= 11 is 0. The molecule has 6 heteroatoms. The van der Waals surface area contributed by atoms with E-state index >= 15 is 0 Å². The first-order chi connectivity index (χ1) is 7.16. The van der Waals surface area contributed by atoms with Gasteiger partial charge >= 0.3 is 5.97 Å². The minimum absolute atomic E-state index is 0.175. The quantitative estimate of drug-likeness (QED) is 0.781.